The van der Waals surface area contributed by atoms with Gasteiger partial charge in [0.05, 0.1) is 12.7 Å². The van der Waals surface area contributed by atoms with E-state index in [2.05, 4.69) is 30.3 Å². The van der Waals surface area contributed by atoms with Crippen LogP contribution in [-0.4, -0.2) is 12.4 Å². The summed E-state index contributed by atoms with van der Waals surface area (Å²) >= 11 is 0. The van der Waals surface area contributed by atoms with Gasteiger partial charge in [-0.1, -0.05) is 48.5 Å². The molecule has 0 amide bonds. The third-order valence-corrected chi connectivity index (χ3v) is 4.72. The Morgan fingerprint density at radius 1 is 1.00 bits per heavy atom. The van der Waals surface area contributed by atoms with Gasteiger partial charge in [-0.05, 0) is 35.1 Å². The Balaban J connectivity index is 1.52. The molecule has 0 saturated carbocycles. The Bertz CT molecular complexity index is 689. The topological polar surface area (TPSA) is 26.3 Å². The van der Waals surface area contributed by atoms with Gasteiger partial charge < -0.3 is 4.74 Å². The average molecular weight is 278 g/mol. The second-order valence-corrected chi connectivity index (χ2v) is 5.93. The molecule has 2 aromatic carbocycles. The zero-order chi connectivity index (χ0) is 14.2. The summed E-state index contributed by atoms with van der Waals surface area (Å²) in [5.74, 6) is 0.397. The van der Waals surface area contributed by atoms with E-state index in [1.165, 1.54) is 22.3 Å². The number of Topliss-reactive ketones (excluding diaryl/α,β-unsaturated/α-hetero) is 1. The Hall–Kier alpha value is -1.93. The van der Waals surface area contributed by atoms with Gasteiger partial charge in [0.1, 0.15) is 5.78 Å². The van der Waals surface area contributed by atoms with Crippen molar-refractivity contribution in [1.29, 1.82) is 0 Å². The first-order valence-corrected chi connectivity index (χ1v) is 7.63. The molecule has 21 heavy (non-hydrogen) atoms. The zero-order valence-electron chi connectivity index (χ0n) is 11.9. The van der Waals surface area contributed by atoms with E-state index in [9.17, 15) is 4.79 Å². The predicted octanol–water partition coefficient (Wildman–Crippen LogP) is 3.60. The minimum Gasteiger partial charge on any atom is -0.373 e. The summed E-state index contributed by atoms with van der Waals surface area (Å²) in [5, 5.41) is 0. The van der Waals surface area contributed by atoms with Crippen LogP contribution in [0.4, 0.5) is 0 Å². The van der Waals surface area contributed by atoms with Crippen molar-refractivity contribution in [3.8, 4) is 0 Å². The van der Waals surface area contributed by atoms with Crippen molar-refractivity contribution in [3.05, 3.63) is 70.8 Å². The Morgan fingerprint density at radius 3 is 2.52 bits per heavy atom. The smallest absolute Gasteiger partial charge is 0.143 e. The largest absolute Gasteiger partial charge is 0.373 e. The number of benzene rings is 2. The normalized spacial score (nSPS) is 22.9. The van der Waals surface area contributed by atoms with Gasteiger partial charge in [0.15, 0.2) is 0 Å². The van der Waals surface area contributed by atoms with Crippen LogP contribution in [0.25, 0.3) is 0 Å². The van der Waals surface area contributed by atoms with Gasteiger partial charge in [-0.15, -0.1) is 0 Å². The monoisotopic (exact) mass is 278 g/mol. The van der Waals surface area contributed by atoms with Crippen LogP contribution in [0.2, 0.25) is 0 Å². The fourth-order valence-corrected chi connectivity index (χ4v) is 3.52. The molecule has 2 nitrogen and oxygen atoms in total. The minimum absolute atomic E-state index is 0.0600. The lowest BCUT2D eigenvalue weighted by Crippen LogP contribution is -2.28. The lowest BCUT2D eigenvalue weighted by Gasteiger charge is -2.31. The van der Waals surface area contributed by atoms with E-state index in [0.29, 0.717) is 12.2 Å². The van der Waals surface area contributed by atoms with E-state index in [1.54, 1.807) is 0 Å². The van der Waals surface area contributed by atoms with Crippen LogP contribution < -0.4 is 0 Å². The summed E-state index contributed by atoms with van der Waals surface area (Å²) in [5.41, 5.74) is 5.06. The van der Waals surface area contributed by atoms with Crippen LogP contribution in [-0.2, 0) is 22.4 Å². The predicted molar refractivity (Wildman–Crippen MR) is 81.4 cm³/mol. The number of ether oxygens (including phenoxy) is 1. The highest BCUT2D eigenvalue weighted by atomic mass is 16.5. The lowest BCUT2D eigenvalue weighted by atomic mass is 9.74. The highest BCUT2D eigenvalue weighted by molar-refractivity contribution is 5.89. The molecule has 1 aliphatic carbocycles. The second kappa shape index (κ2) is 5.12. The van der Waals surface area contributed by atoms with Crippen LogP contribution in [0.5, 0.6) is 0 Å². The molecule has 0 bridgehead atoms. The van der Waals surface area contributed by atoms with Crippen molar-refractivity contribution in [2.45, 2.75) is 31.3 Å². The van der Waals surface area contributed by atoms with Crippen molar-refractivity contribution < 1.29 is 9.53 Å². The van der Waals surface area contributed by atoms with Gasteiger partial charge in [-0.25, -0.2) is 0 Å². The quantitative estimate of drug-likeness (QED) is 0.857. The van der Waals surface area contributed by atoms with Crippen LogP contribution >= 0.6 is 0 Å². The van der Waals surface area contributed by atoms with Crippen molar-refractivity contribution in [1.82, 2.24) is 0 Å². The molecule has 0 aromatic heterocycles. The first-order chi connectivity index (χ1) is 10.3. The average Bonchev–Trinajstić information content (AvgIpc) is 2.49. The summed E-state index contributed by atoms with van der Waals surface area (Å²) in [7, 11) is 0. The maximum atomic E-state index is 12.6. The Morgan fingerprint density at radius 2 is 1.71 bits per heavy atom. The van der Waals surface area contributed by atoms with Crippen LogP contribution in [0.15, 0.2) is 48.5 Å². The van der Waals surface area contributed by atoms with E-state index < -0.39 is 0 Å². The fourth-order valence-electron chi connectivity index (χ4n) is 3.52. The molecule has 0 radical (unpaired) electrons. The standard InChI is InChI=1S/C19H18O2/c20-18(17-11-14-6-2-3-7-15(14)17)12-19-16-8-4-1-5-13(16)9-10-21-19/h1-8,17,19H,9-12H2. The third kappa shape index (κ3) is 2.20. The van der Waals surface area contributed by atoms with E-state index in [4.69, 9.17) is 4.74 Å². The number of hydrogen-bond acceptors (Lipinski definition) is 2. The summed E-state index contributed by atoms with van der Waals surface area (Å²) in [6.45, 7) is 0.718. The molecular weight excluding hydrogens is 260 g/mol. The molecular formula is C19H18O2. The number of fused-ring (bicyclic) bond motifs is 2. The molecule has 0 spiro atoms. The molecule has 0 fully saturated rings. The van der Waals surface area contributed by atoms with E-state index in [1.807, 2.05) is 18.2 Å². The van der Waals surface area contributed by atoms with Gasteiger partial charge in [0.2, 0.25) is 0 Å². The third-order valence-electron chi connectivity index (χ3n) is 4.72. The Kier molecular flexibility index (Phi) is 3.12. The van der Waals surface area contributed by atoms with Gasteiger partial charge in [-0.2, -0.15) is 0 Å². The minimum atomic E-state index is -0.0600. The number of ketones is 1. The Labute approximate surface area is 124 Å². The maximum Gasteiger partial charge on any atom is 0.143 e. The number of carbonyl (C=O) groups excluding carboxylic acids is 1. The van der Waals surface area contributed by atoms with E-state index in [0.717, 1.165) is 19.4 Å². The molecule has 2 aromatic rings. The molecule has 1 aliphatic heterocycles. The second-order valence-electron chi connectivity index (χ2n) is 5.93. The molecule has 2 aliphatic rings. The molecule has 106 valence electrons. The molecule has 4 rings (SSSR count). The number of rotatable bonds is 3. The molecule has 2 atom stereocenters. The van der Waals surface area contributed by atoms with Gasteiger partial charge in [-0.3, -0.25) is 4.79 Å². The number of carbonyl (C=O) groups is 1. The molecule has 0 saturated heterocycles. The van der Waals surface area contributed by atoms with Crippen molar-refractivity contribution >= 4 is 5.78 Å². The first kappa shape index (κ1) is 12.8. The first-order valence-electron chi connectivity index (χ1n) is 7.63. The lowest BCUT2D eigenvalue weighted by molar-refractivity contribution is -0.124. The zero-order valence-corrected chi connectivity index (χ0v) is 11.9. The summed E-state index contributed by atoms with van der Waals surface area (Å²) in [4.78, 5) is 12.6. The van der Waals surface area contributed by atoms with Crippen molar-refractivity contribution in [2.24, 2.45) is 0 Å². The highest BCUT2D eigenvalue weighted by Gasteiger charge is 2.34. The molecule has 2 unspecified atom stereocenters. The van der Waals surface area contributed by atoms with Crippen molar-refractivity contribution in [2.75, 3.05) is 6.61 Å². The fraction of sp³-hybridized carbons (Fsp3) is 0.316. The summed E-state index contributed by atoms with van der Waals surface area (Å²) in [6.07, 6.45) is 2.28. The summed E-state index contributed by atoms with van der Waals surface area (Å²) < 4.78 is 5.86. The highest BCUT2D eigenvalue weighted by Crippen LogP contribution is 2.39. The van der Waals surface area contributed by atoms with E-state index in [-0.39, 0.29) is 12.0 Å². The molecule has 2 heteroatoms. The van der Waals surface area contributed by atoms with Crippen LogP contribution in [0.3, 0.4) is 0 Å². The number of hydrogen-bond donors (Lipinski definition) is 0. The van der Waals surface area contributed by atoms with Gasteiger partial charge >= 0.3 is 0 Å². The molecule has 1 heterocycles. The van der Waals surface area contributed by atoms with Crippen LogP contribution in [0, 0.1) is 0 Å². The maximum absolute atomic E-state index is 12.6. The molecule has 0 N–H and O–H groups in total. The SMILES string of the molecule is O=C(CC1OCCc2ccccc21)C1Cc2ccccc21. The van der Waals surface area contributed by atoms with Crippen molar-refractivity contribution in [3.63, 3.8) is 0 Å². The van der Waals surface area contributed by atoms with Gasteiger partial charge in [0, 0.05) is 12.3 Å². The van der Waals surface area contributed by atoms with Crippen LogP contribution in [0.1, 0.15) is 40.7 Å². The van der Waals surface area contributed by atoms with E-state index >= 15 is 0 Å². The van der Waals surface area contributed by atoms with Gasteiger partial charge in [0.25, 0.3) is 0 Å². The summed E-state index contributed by atoms with van der Waals surface area (Å²) in [6, 6.07) is 16.6.